The number of hydrogen-bond donors (Lipinski definition) is 1. The second kappa shape index (κ2) is 9.55. The van der Waals surface area contributed by atoms with Crippen molar-refractivity contribution in [1.29, 1.82) is 5.26 Å². The average Bonchev–Trinajstić information content (AvgIpc) is 3.21. The zero-order valence-electron chi connectivity index (χ0n) is 16.4. The fourth-order valence-electron chi connectivity index (χ4n) is 3.69. The van der Waals surface area contributed by atoms with E-state index in [1.165, 1.54) is 16.7 Å². The van der Waals surface area contributed by atoms with Gasteiger partial charge in [0.1, 0.15) is 11.0 Å². The van der Waals surface area contributed by atoms with Crippen LogP contribution in [0.15, 0.2) is 77.7 Å². The predicted octanol–water partition coefficient (Wildman–Crippen LogP) is 4.77. The van der Waals surface area contributed by atoms with Gasteiger partial charge in [0, 0.05) is 25.7 Å². The zero-order chi connectivity index (χ0) is 20.9. The van der Waals surface area contributed by atoms with Gasteiger partial charge in [-0.1, -0.05) is 66.2 Å². The Morgan fingerprint density at radius 2 is 1.80 bits per heavy atom. The van der Waals surface area contributed by atoms with E-state index in [9.17, 15) is 4.21 Å². The summed E-state index contributed by atoms with van der Waals surface area (Å²) in [4.78, 5) is 2.82. The minimum Gasteiger partial charge on any atom is -0.297 e. The molecule has 2 unspecified atom stereocenters. The first-order valence-electron chi connectivity index (χ1n) is 9.86. The highest BCUT2D eigenvalue weighted by Crippen LogP contribution is 2.23. The molecule has 0 aromatic heterocycles. The van der Waals surface area contributed by atoms with Crippen molar-refractivity contribution in [1.82, 2.24) is 9.62 Å². The first-order valence-corrected chi connectivity index (χ1v) is 11.4. The third-order valence-corrected chi connectivity index (χ3v) is 7.00. The number of nitriles is 1. The zero-order valence-corrected chi connectivity index (χ0v) is 18.0. The second-order valence-corrected chi connectivity index (χ2v) is 9.05. The molecule has 1 heterocycles. The van der Waals surface area contributed by atoms with E-state index < -0.39 is 11.0 Å². The Labute approximate surface area is 184 Å². The lowest BCUT2D eigenvalue weighted by atomic mass is 10.0. The summed E-state index contributed by atoms with van der Waals surface area (Å²) in [6, 6.07) is 26.1. The number of nitrogens with zero attached hydrogens (tertiary/aromatic N) is 2. The summed E-state index contributed by atoms with van der Waals surface area (Å²) in [7, 11) is -1.44. The van der Waals surface area contributed by atoms with Gasteiger partial charge < -0.3 is 0 Å². The standard InChI is InChI=1S/C24H22ClN3OS/c25-23-11-8-19(15-26)14-24(23)30(29)27-22-12-13-28(17-22)16-18-6-9-21(10-7-18)20-4-2-1-3-5-20/h1-11,14,22,27H,12-13,16-17H2. The van der Waals surface area contributed by atoms with Gasteiger partial charge in [0.05, 0.1) is 21.6 Å². The molecule has 0 radical (unpaired) electrons. The van der Waals surface area contributed by atoms with Crippen molar-refractivity contribution in [3.8, 4) is 17.2 Å². The Balaban J connectivity index is 1.34. The number of benzene rings is 3. The Hall–Kier alpha value is -2.49. The van der Waals surface area contributed by atoms with Crippen molar-refractivity contribution in [2.24, 2.45) is 0 Å². The smallest absolute Gasteiger partial charge is 0.126 e. The third-order valence-electron chi connectivity index (χ3n) is 5.27. The van der Waals surface area contributed by atoms with Crippen LogP contribution in [0.1, 0.15) is 17.5 Å². The second-order valence-electron chi connectivity index (χ2n) is 7.43. The Morgan fingerprint density at radius 1 is 1.07 bits per heavy atom. The molecule has 3 aromatic rings. The van der Waals surface area contributed by atoms with E-state index in [0.717, 1.165) is 26.1 Å². The summed E-state index contributed by atoms with van der Waals surface area (Å²) in [6.07, 6.45) is 0.920. The molecule has 0 bridgehead atoms. The molecule has 1 saturated heterocycles. The van der Waals surface area contributed by atoms with Crippen molar-refractivity contribution >= 4 is 22.6 Å². The molecule has 0 saturated carbocycles. The summed E-state index contributed by atoms with van der Waals surface area (Å²) in [6.45, 7) is 2.63. The highest BCUT2D eigenvalue weighted by Gasteiger charge is 2.24. The number of hydrogen-bond acceptors (Lipinski definition) is 3. The molecule has 152 valence electrons. The number of rotatable bonds is 6. The normalized spacial score (nSPS) is 17.5. The van der Waals surface area contributed by atoms with Crippen molar-refractivity contribution in [3.05, 3.63) is 88.9 Å². The van der Waals surface area contributed by atoms with Crippen LogP contribution < -0.4 is 4.72 Å². The highest BCUT2D eigenvalue weighted by atomic mass is 35.5. The molecule has 30 heavy (non-hydrogen) atoms. The van der Waals surface area contributed by atoms with E-state index in [0.29, 0.717) is 15.5 Å². The molecule has 6 heteroatoms. The van der Waals surface area contributed by atoms with Gasteiger partial charge in [0.25, 0.3) is 0 Å². The van der Waals surface area contributed by atoms with Gasteiger partial charge in [0.15, 0.2) is 0 Å². The van der Waals surface area contributed by atoms with Crippen LogP contribution in [0.3, 0.4) is 0 Å². The quantitative estimate of drug-likeness (QED) is 0.607. The van der Waals surface area contributed by atoms with Crippen LogP contribution in [0.5, 0.6) is 0 Å². The number of likely N-dealkylation sites (tertiary alicyclic amines) is 1. The van der Waals surface area contributed by atoms with Crippen LogP contribution in [0.25, 0.3) is 11.1 Å². The molecule has 1 aliphatic heterocycles. The molecule has 3 aromatic carbocycles. The minimum atomic E-state index is -1.44. The lowest BCUT2D eigenvalue weighted by Gasteiger charge is -2.17. The topological polar surface area (TPSA) is 56.1 Å². The highest BCUT2D eigenvalue weighted by molar-refractivity contribution is 7.83. The molecule has 4 nitrogen and oxygen atoms in total. The van der Waals surface area contributed by atoms with Crippen LogP contribution in [0.4, 0.5) is 0 Å². The molecular weight excluding hydrogens is 414 g/mol. The summed E-state index contributed by atoms with van der Waals surface area (Å²) >= 11 is 6.17. The van der Waals surface area contributed by atoms with E-state index in [1.54, 1.807) is 18.2 Å². The maximum atomic E-state index is 12.7. The van der Waals surface area contributed by atoms with Gasteiger partial charge in [-0.2, -0.15) is 5.26 Å². The summed E-state index contributed by atoms with van der Waals surface area (Å²) in [5.74, 6) is 0. The number of halogens is 1. The first-order chi connectivity index (χ1) is 14.6. The predicted molar refractivity (Wildman–Crippen MR) is 121 cm³/mol. The molecule has 1 N–H and O–H groups in total. The van der Waals surface area contributed by atoms with E-state index in [2.05, 4.69) is 52.1 Å². The Morgan fingerprint density at radius 3 is 2.53 bits per heavy atom. The van der Waals surface area contributed by atoms with Gasteiger partial charge >= 0.3 is 0 Å². The van der Waals surface area contributed by atoms with Crippen LogP contribution in [0.2, 0.25) is 5.02 Å². The van der Waals surface area contributed by atoms with Gasteiger partial charge in [-0.25, -0.2) is 8.93 Å². The fourth-order valence-corrected chi connectivity index (χ4v) is 5.12. The lowest BCUT2D eigenvalue weighted by molar-refractivity contribution is 0.325. The molecular formula is C24H22ClN3OS. The van der Waals surface area contributed by atoms with Crippen molar-refractivity contribution < 1.29 is 4.21 Å². The average molecular weight is 436 g/mol. The van der Waals surface area contributed by atoms with Crippen LogP contribution in [0, 0.1) is 11.3 Å². The molecule has 4 rings (SSSR count). The van der Waals surface area contributed by atoms with E-state index in [1.807, 2.05) is 18.2 Å². The maximum absolute atomic E-state index is 12.7. The van der Waals surface area contributed by atoms with E-state index in [4.69, 9.17) is 16.9 Å². The molecule has 0 amide bonds. The van der Waals surface area contributed by atoms with Crippen LogP contribution >= 0.6 is 11.6 Å². The number of nitrogens with one attached hydrogen (secondary N) is 1. The van der Waals surface area contributed by atoms with Crippen molar-refractivity contribution in [2.75, 3.05) is 13.1 Å². The van der Waals surface area contributed by atoms with Gasteiger partial charge in [-0.3, -0.25) is 4.90 Å². The monoisotopic (exact) mass is 435 g/mol. The lowest BCUT2D eigenvalue weighted by Crippen LogP contribution is -2.33. The summed E-state index contributed by atoms with van der Waals surface area (Å²) in [5.41, 5.74) is 4.15. The minimum absolute atomic E-state index is 0.122. The van der Waals surface area contributed by atoms with Crippen LogP contribution in [-0.4, -0.2) is 28.2 Å². The third kappa shape index (κ3) is 4.97. The van der Waals surface area contributed by atoms with Crippen molar-refractivity contribution in [3.63, 3.8) is 0 Å². The maximum Gasteiger partial charge on any atom is 0.126 e. The van der Waals surface area contributed by atoms with Gasteiger partial charge in [-0.15, -0.1) is 0 Å². The fraction of sp³-hybridized carbons (Fsp3) is 0.208. The molecule has 2 atom stereocenters. The Bertz CT molecular complexity index is 1080. The van der Waals surface area contributed by atoms with Gasteiger partial charge in [0.2, 0.25) is 0 Å². The molecule has 0 spiro atoms. The summed E-state index contributed by atoms with van der Waals surface area (Å²) in [5, 5.41) is 9.47. The SMILES string of the molecule is N#Cc1ccc(Cl)c(S(=O)NC2CCN(Cc3ccc(-c4ccccc4)cc3)C2)c1. The molecule has 1 aliphatic rings. The first kappa shape index (κ1) is 20.8. The largest absolute Gasteiger partial charge is 0.297 e. The molecule has 0 aliphatic carbocycles. The van der Waals surface area contributed by atoms with E-state index >= 15 is 0 Å². The van der Waals surface area contributed by atoms with Gasteiger partial charge in [-0.05, 0) is 41.3 Å². The summed E-state index contributed by atoms with van der Waals surface area (Å²) < 4.78 is 15.9. The van der Waals surface area contributed by atoms with Crippen LogP contribution in [-0.2, 0) is 17.5 Å². The van der Waals surface area contributed by atoms with E-state index in [-0.39, 0.29) is 6.04 Å². The van der Waals surface area contributed by atoms with Crippen molar-refractivity contribution in [2.45, 2.75) is 23.9 Å². The Kier molecular flexibility index (Phi) is 6.61. The molecule has 1 fully saturated rings.